The lowest BCUT2D eigenvalue weighted by molar-refractivity contribution is -0.359. The highest BCUT2D eigenvalue weighted by molar-refractivity contribution is 5.76. The van der Waals surface area contributed by atoms with Crippen LogP contribution in [0.5, 0.6) is 0 Å². The van der Waals surface area contributed by atoms with Gasteiger partial charge in [-0.2, -0.15) is 0 Å². The molecular weight excluding hydrogens is 1000 g/mol. The molecule has 9 N–H and O–H groups in total. The number of hydrogen-bond donors (Lipinski definition) is 9. The number of carbonyl (C=O) groups is 1. The van der Waals surface area contributed by atoms with Gasteiger partial charge in [0.05, 0.1) is 32.0 Å². The van der Waals surface area contributed by atoms with Crippen molar-refractivity contribution in [1.82, 2.24) is 5.32 Å². The molecule has 0 radical (unpaired) electrons. The molecule has 460 valence electrons. The molecule has 2 aliphatic rings. The maximum Gasteiger partial charge on any atom is 0.220 e. The number of amides is 1. The van der Waals surface area contributed by atoms with Crippen molar-refractivity contribution in [3.8, 4) is 0 Å². The molecule has 0 aromatic carbocycles. The molecule has 0 aromatic heterocycles. The molecule has 12 unspecified atom stereocenters. The Balaban J connectivity index is 1.69. The largest absolute Gasteiger partial charge is 0.394 e. The fraction of sp³-hybridized carbons (Fsp3) is 0.831. The Labute approximate surface area is 479 Å². The Hall–Kier alpha value is -2.31. The van der Waals surface area contributed by atoms with Gasteiger partial charge >= 0.3 is 0 Å². The van der Waals surface area contributed by atoms with Crippen molar-refractivity contribution in [2.24, 2.45) is 0 Å². The molecule has 0 bridgehead atoms. The van der Waals surface area contributed by atoms with Gasteiger partial charge in [-0.25, -0.2) is 0 Å². The predicted molar refractivity (Wildman–Crippen MR) is 318 cm³/mol. The molecule has 0 saturated carbocycles. The van der Waals surface area contributed by atoms with E-state index in [4.69, 9.17) is 18.9 Å². The van der Waals surface area contributed by atoms with E-state index in [1.807, 2.05) is 6.08 Å². The minimum absolute atomic E-state index is 0.251. The smallest absolute Gasteiger partial charge is 0.220 e. The number of allylic oxidation sites excluding steroid dienone is 9. The first-order chi connectivity index (χ1) is 38.6. The summed E-state index contributed by atoms with van der Waals surface area (Å²) in [5, 5.41) is 87.0. The van der Waals surface area contributed by atoms with E-state index < -0.39 is 86.8 Å². The second-order valence-electron chi connectivity index (χ2n) is 22.5. The van der Waals surface area contributed by atoms with Crippen molar-refractivity contribution >= 4 is 5.91 Å². The van der Waals surface area contributed by atoms with Gasteiger partial charge in [-0.05, 0) is 70.6 Å². The van der Waals surface area contributed by atoms with Gasteiger partial charge in [0.2, 0.25) is 5.91 Å². The lowest BCUT2D eigenvalue weighted by Gasteiger charge is -2.46. The van der Waals surface area contributed by atoms with E-state index in [-0.39, 0.29) is 18.9 Å². The molecule has 79 heavy (non-hydrogen) atoms. The first kappa shape index (κ1) is 72.8. The molecule has 0 spiro atoms. The second kappa shape index (κ2) is 50.2. The van der Waals surface area contributed by atoms with Crippen LogP contribution in [0.25, 0.3) is 0 Å². The first-order valence-corrected chi connectivity index (χ1v) is 32.0. The summed E-state index contributed by atoms with van der Waals surface area (Å²) in [6.45, 7) is 2.70. The van der Waals surface area contributed by atoms with E-state index in [0.29, 0.717) is 12.8 Å². The SMILES string of the molecule is CCC/C=C\C/C=C\CCCCCCCC(=O)NC(COC1OC(CO)C(OC2OC(CO)C(O)C(O)C2O)C(O)C1O)C(O)/C=C/CC/C=C/CC/C=C/CCCCCCCCCCCCCCCCCCCCCCCC. The highest BCUT2D eigenvalue weighted by Gasteiger charge is 2.51. The van der Waals surface area contributed by atoms with E-state index in [0.717, 1.165) is 77.0 Å². The molecule has 2 aliphatic heterocycles. The molecule has 0 aliphatic carbocycles. The lowest BCUT2D eigenvalue weighted by atomic mass is 9.97. The van der Waals surface area contributed by atoms with Crippen molar-refractivity contribution in [2.45, 2.75) is 325 Å². The van der Waals surface area contributed by atoms with Gasteiger partial charge in [0.25, 0.3) is 0 Å². The van der Waals surface area contributed by atoms with Crippen LogP contribution < -0.4 is 5.32 Å². The van der Waals surface area contributed by atoms with Gasteiger partial charge in [-0.3, -0.25) is 4.79 Å². The second-order valence-corrected chi connectivity index (χ2v) is 22.5. The van der Waals surface area contributed by atoms with Gasteiger partial charge in [0.1, 0.15) is 48.8 Å². The Kier molecular flexibility index (Phi) is 46.3. The van der Waals surface area contributed by atoms with Crippen LogP contribution in [0.2, 0.25) is 0 Å². The van der Waals surface area contributed by atoms with Crippen LogP contribution in [0, 0.1) is 0 Å². The summed E-state index contributed by atoms with van der Waals surface area (Å²) < 4.78 is 22.7. The van der Waals surface area contributed by atoms with E-state index in [1.54, 1.807) is 6.08 Å². The number of nitrogens with one attached hydrogen (secondary N) is 1. The summed E-state index contributed by atoms with van der Waals surface area (Å²) in [6, 6.07) is -0.947. The zero-order valence-electron chi connectivity index (χ0n) is 49.6. The summed E-state index contributed by atoms with van der Waals surface area (Å²) in [6.07, 6.45) is 48.7. The number of carbonyl (C=O) groups excluding carboxylic acids is 1. The summed E-state index contributed by atoms with van der Waals surface area (Å²) in [5.74, 6) is -0.269. The van der Waals surface area contributed by atoms with Crippen LogP contribution in [0.4, 0.5) is 0 Å². The van der Waals surface area contributed by atoms with Crippen LogP contribution in [0.1, 0.15) is 251 Å². The van der Waals surface area contributed by atoms with Crippen molar-refractivity contribution in [2.75, 3.05) is 19.8 Å². The number of ether oxygens (including phenoxy) is 4. The highest BCUT2D eigenvalue weighted by Crippen LogP contribution is 2.30. The van der Waals surface area contributed by atoms with Crippen molar-refractivity contribution < 1.29 is 64.6 Å². The number of aliphatic hydroxyl groups is 8. The normalized spacial score (nSPS) is 24.8. The minimum Gasteiger partial charge on any atom is -0.394 e. The van der Waals surface area contributed by atoms with Crippen LogP contribution in [-0.2, 0) is 23.7 Å². The van der Waals surface area contributed by atoms with Crippen LogP contribution in [0.15, 0.2) is 60.8 Å². The van der Waals surface area contributed by atoms with Crippen LogP contribution in [-0.4, -0.2) is 140 Å². The maximum atomic E-state index is 13.2. The molecule has 14 nitrogen and oxygen atoms in total. The zero-order chi connectivity index (χ0) is 57.4. The zero-order valence-corrected chi connectivity index (χ0v) is 49.6. The van der Waals surface area contributed by atoms with Crippen molar-refractivity contribution in [3.63, 3.8) is 0 Å². The molecule has 12 atom stereocenters. The molecule has 2 fully saturated rings. The summed E-state index contributed by atoms with van der Waals surface area (Å²) in [4.78, 5) is 13.2. The third kappa shape index (κ3) is 35.4. The quantitative estimate of drug-likeness (QED) is 0.0204. The molecule has 2 saturated heterocycles. The van der Waals surface area contributed by atoms with Gasteiger partial charge in [0.15, 0.2) is 12.6 Å². The van der Waals surface area contributed by atoms with E-state index in [2.05, 4.69) is 67.8 Å². The average Bonchev–Trinajstić information content (AvgIpc) is 3.45. The van der Waals surface area contributed by atoms with E-state index >= 15 is 0 Å². The fourth-order valence-corrected chi connectivity index (χ4v) is 10.2. The predicted octanol–water partition coefficient (Wildman–Crippen LogP) is 11.7. The Morgan fingerprint density at radius 2 is 0.873 bits per heavy atom. The standard InChI is InChI=1S/C65H117NO13/c1-3-5-7-9-11-13-15-17-18-19-20-21-22-23-24-25-26-27-28-29-30-31-32-33-34-35-37-38-40-42-44-46-48-54(69)53(66-57(70)49-47-45-43-41-39-36-16-14-12-10-8-6-4-2)52-76-64-62(75)60(73)63(56(51-68)78-64)79-65-61(74)59(72)58(71)55(50-67)77-65/h8,10,14,16,33-34,38,40,46,48,53-56,58-65,67-69,71-75H,3-7,9,11-13,15,17-32,35-37,39,41-45,47,49-52H2,1-2H3,(H,66,70)/b10-8-,16-14-,34-33+,40-38+,48-46+. The summed E-state index contributed by atoms with van der Waals surface area (Å²) in [5.41, 5.74) is 0. The number of hydrogen-bond acceptors (Lipinski definition) is 13. The molecule has 2 rings (SSSR count). The third-order valence-corrected chi connectivity index (χ3v) is 15.4. The molecule has 0 aromatic rings. The van der Waals surface area contributed by atoms with Crippen molar-refractivity contribution in [3.05, 3.63) is 60.8 Å². The van der Waals surface area contributed by atoms with E-state index in [9.17, 15) is 45.6 Å². The average molecular weight is 1120 g/mol. The Bertz CT molecular complexity index is 1560. The Morgan fingerprint density at radius 3 is 1.37 bits per heavy atom. The monoisotopic (exact) mass is 1120 g/mol. The first-order valence-electron chi connectivity index (χ1n) is 32.0. The molecule has 1 amide bonds. The number of aliphatic hydroxyl groups excluding tert-OH is 8. The van der Waals surface area contributed by atoms with Gasteiger partial charge in [-0.1, -0.05) is 235 Å². The molecular formula is C65H117NO13. The summed E-state index contributed by atoms with van der Waals surface area (Å²) >= 11 is 0. The lowest BCUT2D eigenvalue weighted by Crippen LogP contribution is -2.65. The number of unbranched alkanes of at least 4 members (excludes halogenated alkanes) is 30. The summed E-state index contributed by atoms with van der Waals surface area (Å²) in [7, 11) is 0. The fourth-order valence-electron chi connectivity index (χ4n) is 10.2. The van der Waals surface area contributed by atoms with Gasteiger partial charge < -0.3 is 65.1 Å². The van der Waals surface area contributed by atoms with Crippen LogP contribution >= 0.6 is 0 Å². The number of rotatable bonds is 51. The highest BCUT2D eigenvalue weighted by atomic mass is 16.7. The van der Waals surface area contributed by atoms with Crippen molar-refractivity contribution in [1.29, 1.82) is 0 Å². The third-order valence-electron chi connectivity index (χ3n) is 15.4. The van der Waals surface area contributed by atoms with E-state index in [1.165, 1.54) is 141 Å². The van der Waals surface area contributed by atoms with Gasteiger partial charge in [-0.15, -0.1) is 0 Å². The minimum atomic E-state index is -1.80. The van der Waals surface area contributed by atoms with Crippen LogP contribution in [0.3, 0.4) is 0 Å². The van der Waals surface area contributed by atoms with Gasteiger partial charge in [0, 0.05) is 6.42 Å². The molecule has 2 heterocycles. The topological polar surface area (TPSA) is 228 Å². The molecule has 14 heteroatoms. The Morgan fingerprint density at radius 1 is 0.456 bits per heavy atom. The maximum absolute atomic E-state index is 13.2.